The summed E-state index contributed by atoms with van der Waals surface area (Å²) in [6.45, 7) is 2.59. The molecule has 0 bridgehead atoms. The van der Waals surface area contributed by atoms with Crippen molar-refractivity contribution >= 4 is 57.3 Å². The van der Waals surface area contributed by atoms with Crippen molar-refractivity contribution in [3.63, 3.8) is 0 Å². The van der Waals surface area contributed by atoms with E-state index in [-0.39, 0.29) is 17.7 Å². The van der Waals surface area contributed by atoms with Crippen LogP contribution in [0.25, 0.3) is 0 Å². The molecule has 2 amide bonds. The molecule has 0 aliphatic carbocycles. The van der Waals surface area contributed by atoms with Crippen LogP contribution in [-0.2, 0) is 15.3 Å². The fourth-order valence-electron chi connectivity index (χ4n) is 3.29. The molecule has 1 aliphatic rings. The third-order valence-electron chi connectivity index (χ3n) is 4.92. The van der Waals surface area contributed by atoms with Crippen LogP contribution in [0.4, 0.5) is 10.8 Å². The Balaban J connectivity index is 1.29. The van der Waals surface area contributed by atoms with Gasteiger partial charge in [0, 0.05) is 35.3 Å². The predicted molar refractivity (Wildman–Crippen MR) is 127 cm³/mol. The standard InChI is InChI=1S/C22H21ClN4O2S2/c1-14-2-8-18(9-3-14)27-11-16(10-20(27)29)21-25-26-22(31-21)24-19(28)13-30-12-15-4-6-17(23)7-5-15/h2-9,16H,10-13H2,1H3,(H,24,26,28). The van der Waals surface area contributed by atoms with Crippen LogP contribution in [0.15, 0.2) is 48.5 Å². The van der Waals surface area contributed by atoms with Crippen LogP contribution < -0.4 is 10.2 Å². The summed E-state index contributed by atoms with van der Waals surface area (Å²) in [6, 6.07) is 15.5. The van der Waals surface area contributed by atoms with E-state index in [1.807, 2.05) is 55.5 Å². The molecule has 6 nitrogen and oxygen atoms in total. The maximum absolute atomic E-state index is 12.5. The summed E-state index contributed by atoms with van der Waals surface area (Å²) in [5.41, 5.74) is 3.17. The smallest absolute Gasteiger partial charge is 0.236 e. The van der Waals surface area contributed by atoms with E-state index in [9.17, 15) is 9.59 Å². The van der Waals surface area contributed by atoms with Gasteiger partial charge in [0.25, 0.3) is 0 Å². The Morgan fingerprint density at radius 1 is 1.19 bits per heavy atom. The number of hydrogen-bond acceptors (Lipinski definition) is 6. The second-order valence-electron chi connectivity index (χ2n) is 7.35. The van der Waals surface area contributed by atoms with Crippen LogP contribution in [0.5, 0.6) is 0 Å². The molecule has 1 N–H and O–H groups in total. The number of amides is 2. The van der Waals surface area contributed by atoms with Gasteiger partial charge in [0.15, 0.2) is 0 Å². The van der Waals surface area contributed by atoms with Crippen molar-refractivity contribution in [1.29, 1.82) is 0 Å². The van der Waals surface area contributed by atoms with E-state index in [1.54, 1.807) is 4.90 Å². The second-order valence-corrected chi connectivity index (χ2v) is 9.78. The van der Waals surface area contributed by atoms with Crippen molar-refractivity contribution in [3.05, 3.63) is 69.7 Å². The summed E-state index contributed by atoms with van der Waals surface area (Å²) in [6.07, 6.45) is 0.396. The maximum Gasteiger partial charge on any atom is 0.236 e. The van der Waals surface area contributed by atoms with E-state index in [4.69, 9.17) is 11.6 Å². The van der Waals surface area contributed by atoms with Gasteiger partial charge < -0.3 is 4.90 Å². The molecule has 9 heteroatoms. The normalized spacial score (nSPS) is 16.0. The molecule has 1 saturated heterocycles. The van der Waals surface area contributed by atoms with Gasteiger partial charge in [-0.15, -0.1) is 22.0 Å². The number of thioether (sulfide) groups is 1. The Morgan fingerprint density at radius 2 is 1.94 bits per heavy atom. The molecular formula is C22H21ClN4O2S2. The monoisotopic (exact) mass is 472 g/mol. The molecule has 1 aliphatic heterocycles. The van der Waals surface area contributed by atoms with Crippen molar-refractivity contribution in [3.8, 4) is 0 Å². The molecule has 4 rings (SSSR count). The molecule has 1 aromatic heterocycles. The van der Waals surface area contributed by atoms with Gasteiger partial charge in [-0.3, -0.25) is 14.9 Å². The summed E-state index contributed by atoms with van der Waals surface area (Å²) in [5.74, 6) is 0.987. The lowest BCUT2D eigenvalue weighted by molar-refractivity contribution is -0.117. The molecular weight excluding hydrogens is 452 g/mol. The number of anilines is 2. The third kappa shape index (κ3) is 5.64. The van der Waals surface area contributed by atoms with Crippen molar-refractivity contribution in [2.45, 2.75) is 25.0 Å². The van der Waals surface area contributed by atoms with Crippen LogP contribution in [0.3, 0.4) is 0 Å². The number of hydrogen-bond donors (Lipinski definition) is 1. The second kappa shape index (κ2) is 9.80. The number of nitrogens with one attached hydrogen (secondary N) is 1. The van der Waals surface area contributed by atoms with Gasteiger partial charge in [-0.05, 0) is 36.8 Å². The highest BCUT2D eigenvalue weighted by Gasteiger charge is 2.33. The summed E-state index contributed by atoms with van der Waals surface area (Å²) in [4.78, 5) is 26.5. The number of aryl methyl sites for hydroxylation is 1. The van der Waals surface area contributed by atoms with Gasteiger partial charge >= 0.3 is 0 Å². The van der Waals surface area contributed by atoms with Gasteiger partial charge in [-0.25, -0.2) is 0 Å². The first-order chi connectivity index (χ1) is 15.0. The minimum atomic E-state index is -0.120. The van der Waals surface area contributed by atoms with Crippen molar-refractivity contribution in [1.82, 2.24) is 10.2 Å². The van der Waals surface area contributed by atoms with Gasteiger partial charge in [0.1, 0.15) is 5.01 Å². The summed E-state index contributed by atoms with van der Waals surface area (Å²) < 4.78 is 0. The van der Waals surface area contributed by atoms with Gasteiger partial charge in [0.2, 0.25) is 16.9 Å². The molecule has 0 spiro atoms. The maximum atomic E-state index is 12.5. The lowest BCUT2D eigenvalue weighted by Crippen LogP contribution is -2.24. The number of rotatable bonds is 7. The summed E-state index contributed by atoms with van der Waals surface area (Å²) >= 11 is 8.74. The first-order valence-electron chi connectivity index (χ1n) is 9.80. The molecule has 1 atom stereocenters. The Kier molecular flexibility index (Phi) is 6.89. The molecule has 160 valence electrons. The van der Waals surface area contributed by atoms with Gasteiger partial charge in [-0.1, -0.05) is 52.8 Å². The number of halogens is 1. The van der Waals surface area contributed by atoms with E-state index in [0.29, 0.717) is 28.9 Å². The zero-order valence-corrected chi connectivity index (χ0v) is 19.3. The van der Waals surface area contributed by atoms with Crippen molar-refractivity contribution < 1.29 is 9.59 Å². The van der Waals surface area contributed by atoms with E-state index < -0.39 is 0 Å². The van der Waals surface area contributed by atoms with Gasteiger partial charge in [0.05, 0.1) is 5.75 Å². The molecule has 3 aromatic rings. The third-order valence-corrected chi connectivity index (χ3v) is 7.18. The number of nitrogens with zero attached hydrogens (tertiary/aromatic N) is 3. The first kappa shape index (κ1) is 21.8. The fraction of sp³-hybridized carbons (Fsp3) is 0.273. The minimum Gasteiger partial charge on any atom is -0.312 e. The quantitative estimate of drug-likeness (QED) is 0.529. The highest BCUT2D eigenvalue weighted by molar-refractivity contribution is 7.99. The zero-order valence-electron chi connectivity index (χ0n) is 16.9. The largest absolute Gasteiger partial charge is 0.312 e. The van der Waals surface area contributed by atoms with E-state index in [2.05, 4.69) is 15.5 Å². The van der Waals surface area contributed by atoms with Crippen molar-refractivity contribution in [2.24, 2.45) is 0 Å². The zero-order chi connectivity index (χ0) is 21.8. The Labute approximate surface area is 194 Å². The van der Waals surface area contributed by atoms with Crippen molar-refractivity contribution in [2.75, 3.05) is 22.5 Å². The first-order valence-corrected chi connectivity index (χ1v) is 12.2. The Hall–Kier alpha value is -2.42. The molecule has 0 saturated carbocycles. The fourth-order valence-corrected chi connectivity index (χ4v) is 5.06. The van der Waals surface area contributed by atoms with Crippen LogP contribution in [-0.4, -0.2) is 34.3 Å². The molecule has 1 unspecified atom stereocenters. The Morgan fingerprint density at radius 3 is 2.68 bits per heavy atom. The SMILES string of the molecule is Cc1ccc(N2CC(c3nnc(NC(=O)CSCc4ccc(Cl)cc4)s3)CC2=O)cc1. The number of aromatic nitrogens is 2. The van der Waals surface area contributed by atoms with E-state index in [1.165, 1.54) is 23.1 Å². The van der Waals surface area contributed by atoms with Crippen LogP contribution in [0.2, 0.25) is 5.02 Å². The lowest BCUT2D eigenvalue weighted by atomic mass is 10.1. The minimum absolute atomic E-state index is 0.0174. The highest BCUT2D eigenvalue weighted by Crippen LogP contribution is 2.34. The van der Waals surface area contributed by atoms with E-state index >= 15 is 0 Å². The molecule has 2 heterocycles. The predicted octanol–water partition coefficient (Wildman–Crippen LogP) is 4.89. The number of carbonyl (C=O) groups excluding carboxylic acids is 2. The molecule has 0 radical (unpaired) electrons. The van der Waals surface area contributed by atoms with Crippen LogP contribution >= 0.6 is 34.7 Å². The van der Waals surface area contributed by atoms with Gasteiger partial charge in [-0.2, -0.15) is 0 Å². The number of carbonyl (C=O) groups is 2. The number of benzene rings is 2. The molecule has 31 heavy (non-hydrogen) atoms. The molecule has 2 aromatic carbocycles. The van der Waals surface area contributed by atoms with Crippen LogP contribution in [0, 0.1) is 6.92 Å². The van der Waals surface area contributed by atoms with E-state index in [0.717, 1.165) is 27.6 Å². The summed E-state index contributed by atoms with van der Waals surface area (Å²) in [7, 11) is 0. The summed E-state index contributed by atoms with van der Waals surface area (Å²) in [5, 5.41) is 13.1. The topological polar surface area (TPSA) is 75.2 Å². The highest BCUT2D eigenvalue weighted by atomic mass is 35.5. The average molecular weight is 473 g/mol. The molecule has 1 fully saturated rings. The Bertz CT molecular complexity index is 1070. The lowest BCUT2D eigenvalue weighted by Gasteiger charge is -2.16. The average Bonchev–Trinajstić information content (AvgIpc) is 3.37. The van der Waals surface area contributed by atoms with Crippen LogP contribution in [0.1, 0.15) is 28.5 Å².